The number of nitrogens with zero attached hydrogens (tertiary/aromatic N) is 1. The van der Waals surface area contributed by atoms with Gasteiger partial charge >= 0.3 is 0 Å². The van der Waals surface area contributed by atoms with E-state index in [2.05, 4.69) is 10.3 Å². The number of halogens is 2. The van der Waals surface area contributed by atoms with Crippen LogP contribution in [-0.4, -0.2) is 4.98 Å². The second kappa shape index (κ2) is 6.13. The molecule has 19 heavy (non-hydrogen) atoms. The second-order valence-electron chi connectivity index (χ2n) is 4.55. The molecule has 0 bridgehead atoms. The number of aryl methyl sites for hydroxylation is 1. The average Bonchev–Trinajstić information content (AvgIpc) is 2.39. The van der Waals surface area contributed by atoms with Crippen molar-refractivity contribution in [3.63, 3.8) is 0 Å². The lowest BCUT2D eigenvalue weighted by molar-refractivity contribution is 0.559. The van der Waals surface area contributed by atoms with Crippen molar-refractivity contribution in [1.82, 2.24) is 10.3 Å². The first-order valence-electron chi connectivity index (χ1n) is 6.17. The number of hydrogen-bond acceptors (Lipinski definition) is 2. The van der Waals surface area contributed by atoms with Gasteiger partial charge in [0.2, 0.25) is 0 Å². The van der Waals surface area contributed by atoms with E-state index in [0.717, 1.165) is 17.0 Å². The van der Waals surface area contributed by atoms with Crippen molar-refractivity contribution in [2.45, 2.75) is 26.4 Å². The molecule has 0 aliphatic rings. The molecule has 0 fully saturated rings. The maximum atomic E-state index is 13.4. The van der Waals surface area contributed by atoms with Crippen LogP contribution in [0.25, 0.3) is 0 Å². The molecule has 1 unspecified atom stereocenters. The van der Waals surface area contributed by atoms with Crippen molar-refractivity contribution in [3.8, 4) is 0 Å². The monoisotopic (exact) mass is 278 g/mol. The average molecular weight is 279 g/mol. The number of rotatable bonds is 4. The van der Waals surface area contributed by atoms with Crippen LogP contribution in [0.15, 0.2) is 36.4 Å². The van der Waals surface area contributed by atoms with E-state index in [4.69, 9.17) is 11.6 Å². The number of pyridine rings is 1. The summed E-state index contributed by atoms with van der Waals surface area (Å²) in [7, 11) is 0. The molecule has 0 radical (unpaired) electrons. The molecular weight excluding hydrogens is 263 g/mol. The molecule has 1 atom stereocenters. The lowest BCUT2D eigenvalue weighted by Gasteiger charge is -2.14. The first-order valence-corrected chi connectivity index (χ1v) is 6.55. The Balaban J connectivity index is 2.01. The SMILES string of the molecule is Cc1cccc(CNC(C)c2ccc(Cl)c(F)c2)n1. The van der Waals surface area contributed by atoms with Crippen molar-refractivity contribution < 1.29 is 4.39 Å². The van der Waals surface area contributed by atoms with Gasteiger partial charge in [-0.1, -0.05) is 23.7 Å². The predicted octanol–water partition coefficient (Wildman–Crippen LogP) is 4.03. The van der Waals surface area contributed by atoms with E-state index in [0.29, 0.717) is 6.54 Å². The van der Waals surface area contributed by atoms with E-state index in [-0.39, 0.29) is 16.9 Å². The number of benzene rings is 1. The summed E-state index contributed by atoms with van der Waals surface area (Å²) in [5.41, 5.74) is 2.83. The topological polar surface area (TPSA) is 24.9 Å². The van der Waals surface area contributed by atoms with Crippen LogP contribution in [0.2, 0.25) is 5.02 Å². The van der Waals surface area contributed by atoms with Crippen molar-refractivity contribution in [3.05, 3.63) is 64.2 Å². The van der Waals surface area contributed by atoms with Gasteiger partial charge in [0.1, 0.15) is 5.82 Å². The van der Waals surface area contributed by atoms with Gasteiger partial charge in [-0.3, -0.25) is 4.98 Å². The van der Waals surface area contributed by atoms with Gasteiger partial charge < -0.3 is 5.32 Å². The molecular formula is C15H16ClFN2. The minimum Gasteiger partial charge on any atom is -0.305 e. The molecule has 1 aromatic heterocycles. The molecule has 4 heteroatoms. The number of nitrogens with one attached hydrogen (secondary N) is 1. The summed E-state index contributed by atoms with van der Waals surface area (Å²) in [6.45, 7) is 4.59. The summed E-state index contributed by atoms with van der Waals surface area (Å²) < 4.78 is 13.4. The molecule has 0 amide bonds. The fourth-order valence-electron chi connectivity index (χ4n) is 1.86. The molecule has 1 aromatic carbocycles. The zero-order valence-corrected chi connectivity index (χ0v) is 11.7. The third-order valence-electron chi connectivity index (χ3n) is 2.98. The Morgan fingerprint density at radius 2 is 2.11 bits per heavy atom. The highest BCUT2D eigenvalue weighted by Crippen LogP contribution is 2.20. The third kappa shape index (κ3) is 3.75. The van der Waals surface area contributed by atoms with Crippen LogP contribution in [0.3, 0.4) is 0 Å². The van der Waals surface area contributed by atoms with E-state index in [1.807, 2.05) is 38.1 Å². The van der Waals surface area contributed by atoms with Gasteiger partial charge in [-0.2, -0.15) is 0 Å². The van der Waals surface area contributed by atoms with Crippen molar-refractivity contribution in [2.75, 3.05) is 0 Å². The molecule has 0 aliphatic carbocycles. The van der Waals surface area contributed by atoms with Gasteiger partial charge in [-0.25, -0.2) is 4.39 Å². The highest BCUT2D eigenvalue weighted by Gasteiger charge is 2.08. The fraction of sp³-hybridized carbons (Fsp3) is 0.267. The summed E-state index contributed by atoms with van der Waals surface area (Å²) in [5, 5.41) is 3.47. The molecule has 0 aliphatic heterocycles. The van der Waals surface area contributed by atoms with Crippen LogP contribution in [0, 0.1) is 12.7 Å². The first kappa shape index (κ1) is 14.0. The van der Waals surface area contributed by atoms with Crippen LogP contribution < -0.4 is 5.32 Å². The standard InChI is InChI=1S/C15H16ClFN2/c1-10-4-3-5-13(19-10)9-18-11(2)12-6-7-14(16)15(17)8-12/h3-8,11,18H,9H2,1-2H3. The van der Waals surface area contributed by atoms with E-state index in [1.54, 1.807) is 6.07 Å². The maximum absolute atomic E-state index is 13.4. The molecule has 0 saturated carbocycles. The van der Waals surface area contributed by atoms with Gasteiger partial charge in [0, 0.05) is 18.3 Å². The van der Waals surface area contributed by atoms with E-state index in [9.17, 15) is 4.39 Å². The van der Waals surface area contributed by atoms with Gasteiger partial charge in [0.05, 0.1) is 10.7 Å². The smallest absolute Gasteiger partial charge is 0.142 e. The molecule has 2 aromatic rings. The fourth-order valence-corrected chi connectivity index (χ4v) is 1.97. The summed E-state index contributed by atoms with van der Waals surface area (Å²) >= 11 is 5.67. The van der Waals surface area contributed by atoms with Crippen LogP contribution in [0.1, 0.15) is 29.9 Å². The van der Waals surface area contributed by atoms with Crippen LogP contribution in [-0.2, 0) is 6.54 Å². The van der Waals surface area contributed by atoms with Gasteiger partial charge in [-0.15, -0.1) is 0 Å². The highest BCUT2D eigenvalue weighted by atomic mass is 35.5. The molecule has 1 heterocycles. The lowest BCUT2D eigenvalue weighted by Crippen LogP contribution is -2.19. The van der Waals surface area contributed by atoms with Crippen LogP contribution >= 0.6 is 11.6 Å². The lowest BCUT2D eigenvalue weighted by atomic mass is 10.1. The Hall–Kier alpha value is -1.45. The highest BCUT2D eigenvalue weighted by molar-refractivity contribution is 6.30. The zero-order valence-electron chi connectivity index (χ0n) is 11.0. The van der Waals surface area contributed by atoms with Crippen molar-refractivity contribution >= 4 is 11.6 Å². The number of aromatic nitrogens is 1. The van der Waals surface area contributed by atoms with E-state index >= 15 is 0 Å². The van der Waals surface area contributed by atoms with Crippen molar-refractivity contribution in [2.24, 2.45) is 0 Å². The van der Waals surface area contributed by atoms with E-state index < -0.39 is 0 Å². The number of hydrogen-bond donors (Lipinski definition) is 1. The van der Waals surface area contributed by atoms with Crippen molar-refractivity contribution in [1.29, 1.82) is 0 Å². The van der Waals surface area contributed by atoms with Gasteiger partial charge in [-0.05, 0) is 43.7 Å². The normalized spacial score (nSPS) is 12.4. The molecule has 2 nitrogen and oxygen atoms in total. The second-order valence-corrected chi connectivity index (χ2v) is 4.95. The summed E-state index contributed by atoms with van der Waals surface area (Å²) in [5.74, 6) is -0.388. The Bertz CT molecular complexity index is 572. The molecule has 2 rings (SSSR count). The zero-order chi connectivity index (χ0) is 13.8. The third-order valence-corrected chi connectivity index (χ3v) is 3.29. The van der Waals surface area contributed by atoms with Crippen LogP contribution in [0.4, 0.5) is 4.39 Å². The minimum absolute atomic E-state index is 0.0362. The molecule has 0 saturated heterocycles. The largest absolute Gasteiger partial charge is 0.305 e. The minimum atomic E-state index is -0.388. The van der Waals surface area contributed by atoms with Gasteiger partial charge in [0.25, 0.3) is 0 Å². The Morgan fingerprint density at radius 1 is 1.32 bits per heavy atom. The quantitative estimate of drug-likeness (QED) is 0.913. The summed E-state index contributed by atoms with van der Waals surface area (Å²) in [4.78, 5) is 4.41. The summed E-state index contributed by atoms with van der Waals surface area (Å²) in [6, 6.07) is 10.8. The molecule has 0 spiro atoms. The molecule has 1 N–H and O–H groups in total. The van der Waals surface area contributed by atoms with E-state index in [1.165, 1.54) is 6.07 Å². The Morgan fingerprint density at radius 3 is 2.79 bits per heavy atom. The first-order chi connectivity index (χ1) is 9.06. The Kier molecular flexibility index (Phi) is 4.51. The summed E-state index contributed by atoms with van der Waals surface area (Å²) in [6.07, 6.45) is 0. The van der Waals surface area contributed by atoms with Crippen LogP contribution in [0.5, 0.6) is 0 Å². The Labute approximate surface area is 117 Å². The van der Waals surface area contributed by atoms with Gasteiger partial charge in [0.15, 0.2) is 0 Å². The maximum Gasteiger partial charge on any atom is 0.142 e. The predicted molar refractivity (Wildman–Crippen MR) is 75.6 cm³/mol. The molecule has 100 valence electrons.